The summed E-state index contributed by atoms with van der Waals surface area (Å²) >= 11 is 11.7. The first-order chi connectivity index (χ1) is 9.83. The smallest absolute Gasteiger partial charge is 0.142 e. The SMILES string of the molecule is CCc1ccc(CC(C)(O)c2cc(F)c(Cl)cc2Cl)nc1. The molecule has 1 aromatic carbocycles. The number of halogens is 3. The van der Waals surface area contributed by atoms with E-state index in [0.717, 1.165) is 12.0 Å². The topological polar surface area (TPSA) is 33.1 Å². The van der Waals surface area contributed by atoms with Gasteiger partial charge in [0.15, 0.2) is 0 Å². The molecule has 0 aliphatic rings. The van der Waals surface area contributed by atoms with Gasteiger partial charge in [-0.3, -0.25) is 4.98 Å². The molecule has 0 saturated heterocycles. The van der Waals surface area contributed by atoms with Gasteiger partial charge in [0.25, 0.3) is 0 Å². The lowest BCUT2D eigenvalue weighted by Gasteiger charge is -2.25. The van der Waals surface area contributed by atoms with Crippen molar-refractivity contribution in [3.8, 4) is 0 Å². The van der Waals surface area contributed by atoms with E-state index in [-0.39, 0.29) is 16.5 Å². The van der Waals surface area contributed by atoms with E-state index in [9.17, 15) is 9.50 Å². The van der Waals surface area contributed by atoms with Crippen molar-refractivity contribution < 1.29 is 9.50 Å². The van der Waals surface area contributed by atoms with Crippen molar-refractivity contribution in [1.29, 1.82) is 0 Å². The van der Waals surface area contributed by atoms with Gasteiger partial charge in [-0.05, 0) is 37.1 Å². The van der Waals surface area contributed by atoms with Crippen molar-refractivity contribution in [3.05, 3.63) is 63.1 Å². The van der Waals surface area contributed by atoms with Crippen molar-refractivity contribution in [2.75, 3.05) is 0 Å². The first-order valence-corrected chi connectivity index (χ1v) is 7.40. The second-order valence-corrected chi connectivity index (χ2v) is 6.02. The lowest BCUT2D eigenvalue weighted by molar-refractivity contribution is 0.0564. The number of nitrogens with zero attached hydrogens (tertiary/aromatic N) is 1. The Kier molecular flexibility index (Phi) is 4.87. The maximum Gasteiger partial charge on any atom is 0.142 e. The van der Waals surface area contributed by atoms with Crippen LogP contribution in [0.4, 0.5) is 4.39 Å². The van der Waals surface area contributed by atoms with Gasteiger partial charge in [-0.1, -0.05) is 36.2 Å². The first-order valence-electron chi connectivity index (χ1n) is 6.64. The van der Waals surface area contributed by atoms with Gasteiger partial charge in [-0.15, -0.1) is 0 Å². The van der Waals surface area contributed by atoms with Crippen LogP contribution in [0.2, 0.25) is 10.0 Å². The third-order valence-corrected chi connectivity index (χ3v) is 4.01. The van der Waals surface area contributed by atoms with Crippen molar-refractivity contribution in [2.45, 2.75) is 32.3 Å². The summed E-state index contributed by atoms with van der Waals surface area (Å²) in [6.07, 6.45) is 2.91. The molecule has 1 unspecified atom stereocenters. The minimum absolute atomic E-state index is 0.0648. The largest absolute Gasteiger partial charge is 0.385 e. The maximum absolute atomic E-state index is 13.6. The molecule has 2 aromatic rings. The summed E-state index contributed by atoms with van der Waals surface area (Å²) < 4.78 is 13.6. The normalized spacial score (nSPS) is 14.0. The van der Waals surface area contributed by atoms with E-state index in [0.29, 0.717) is 11.3 Å². The van der Waals surface area contributed by atoms with Crippen LogP contribution in [0.15, 0.2) is 30.5 Å². The lowest BCUT2D eigenvalue weighted by atomic mass is 9.90. The first kappa shape index (κ1) is 16.2. The van der Waals surface area contributed by atoms with E-state index in [1.807, 2.05) is 19.1 Å². The Morgan fingerprint density at radius 1 is 1.24 bits per heavy atom. The molecule has 1 atom stereocenters. The summed E-state index contributed by atoms with van der Waals surface area (Å²) in [6, 6.07) is 6.29. The molecule has 5 heteroatoms. The van der Waals surface area contributed by atoms with Crippen molar-refractivity contribution >= 4 is 23.2 Å². The highest BCUT2D eigenvalue weighted by atomic mass is 35.5. The fourth-order valence-electron chi connectivity index (χ4n) is 2.15. The molecule has 112 valence electrons. The quantitative estimate of drug-likeness (QED) is 0.836. The summed E-state index contributed by atoms with van der Waals surface area (Å²) in [5.74, 6) is -0.606. The minimum atomic E-state index is -1.33. The van der Waals surface area contributed by atoms with E-state index < -0.39 is 11.4 Å². The molecule has 1 heterocycles. The fourth-order valence-corrected chi connectivity index (χ4v) is 2.74. The fraction of sp³-hybridized carbons (Fsp3) is 0.312. The Bertz CT molecular complexity index is 641. The van der Waals surface area contributed by atoms with Gasteiger partial charge in [0.05, 0.1) is 10.6 Å². The Hall–Kier alpha value is -1.16. The third-order valence-electron chi connectivity index (χ3n) is 3.41. The molecule has 21 heavy (non-hydrogen) atoms. The van der Waals surface area contributed by atoms with Crippen LogP contribution >= 0.6 is 23.2 Å². The van der Waals surface area contributed by atoms with E-state index in [4.69, 9.17) is 23.2 Å². The number of aryl methyl sites for hydroxylation is 1. The highest BCUT2D eigenvalue weighted by Gasteiger charge is 2.28. The number of rotatable bonds is 4. The molecule has 0 amide bonds. The predicted molar refractivity (Wildman–Crippen MR) is 83.3 cm³/mol. The van der Waals surface area contributed by atoms with E-state index >= 15 is 0 Å². The van der Waals surface area contributed by atoms with Crippen LogP contribution in [0.3, 0.4) is 0 Å². The molecule has 1 aromatic heterocycles. The zero-order chi connectivity index (χ0) is 15.6. The van der Waals surface area contributed by atoms with Crippen LogP contribution in [-0.2, 0) is 18.4 Å². The average molecular weight is 328 g/mol. The molecule has 0 aliphatic heterocycles. The summed E-state index contributed by atoms with van der Waals surface area (Å²) in [5, 5.41) is 10.8. The number of hydrogen-bond donors (Lipinski definition) is 1. The van der Waals surface area contributed by atoms with Gasteiger partial charge in [0.2, 0.25) is 0 Å². The van der Waals surface area contributed by atoms with Gasteiger partial charge in [-0.25, -0.2) is 4.39 Å². The number of aliphatic hydroxyl groups is 1. The summed E-state index contributed by atoms with van der Waals surface area (Å²) in [5.41, 5.74) is 0.800. The summed E-state index contributed by atoms with van der Waals surface area (Å²) in [4.78, 5) is 4.31. The van der Waals surface area contributed by atoms with Crippen LogP contribution in [0, 0.1) is 5.82 Å². The van der Waals surface area contributed by atoms with Crippen LogP contribution < -0.4 is 0 Å². The third kappa shape index (κ3) is 3.73. The van der Waals surface area contributed by atoms with Crippen molar-refractivity contribution in [3.63, 3.8) is 0 Å². The molecule has 1 N–H and O–H groups in total. The Balaban J connectivity index is 2.30. The molecule has 0 bridgehead atoms. The second kappa shape index (κ2) is 6.30. The van der Waals surface area contributed by atoms with Crippen LogP contribution in [0.5, 0.6) is 0 Å². The van der Waals surface area contributed by atoms with Crippen LogP contribution in [0.1, 0.15) is 30.7 Å². The van der Waals surface area contributed by atoms with E-state index in [1.54, 1.807) is 13.1 Å². The van der Waals surface area contributed by atoms with Gasteiger partial charge < -0.3 is 5.11 Å². The monoisotopic (exact) mass is 327 g/mol. The highest BCUT2D eigenvalue weighted by Crippen LogP contribution is 2.34. The Labute approximate surface area is 133 Å². The Morgan fingerprint density at radius 2 is 1.95 bits per heavy atom. The molecule has 0 radical (unpaired) electrons. The van der Waals surface area contributed by atoms with E-state index in [2.05, 4.69) is 4.98 Å². The molecule has 0 saturated carbocycles. The molecule has 2 rings (SSSR count). The summed E-state index contributed by atoms with van der Waals surface area (Å²) in [7, 11) is 0. The molecule has 0 fully saturated rings. The highest BCUT2D eigenvalue weighted by molar-refractivity contribution is 6.35. The summed E-state index contributed by atoms with van der Waals surface area (Å²) in [6.45, 7) is 3.63. The standard InChI is InChI=1S/C16H16Cl2FNO/c1-3-10-4-5-11(20-9-10)8-16(2,21)12-6-15(19)14(18)7-13(12)17/h4-7,9,21H,3,8H2,1-2H3. The van der Waals surface area contributed by atoms with Crippen LogP contribution in [0.25, 0.3) is 0 Å². The molecular weight excluding hydrogens is 312 g/mol. The lowest BCUT2D eigenvalue weighted by Crippen LogP contribution is -2.25. The number of aromatic nitrogens is 1. The molecule has 2 nitrogen and oxygen atoms in total. The predicted octanol–water partition coefficient (Wildman–Crippen LogP) is 4.54. The number of pyridine rings is 1. The van der Waals surface area contributed by atoms with Crippen LogP contribution in [-0.4, -0.2) is 10.1 Å². The average Bonchev–Trinajstić information content (AvgIpc) is 2.43. The Morgan fingerprint density at radius 3 is 2.52 bits per heavy atom. The number of benzene rings is 1. The van der Waals surface area contributed by atoms with Gasteiger partial charge in [0.1, 0.15) is 5.82 Å². The zero-order valence-corrected chi connectivity index (χ0v) is 13.3. The molecular formula is C16H16Cl2FNO. The minimum Gasteiger partial charge on any atom is -0.385 e. The second-order valence-electron chi connectivity index (χ2n) is 5.21. The molecule has 0 spiro atoms. The zero-order valence-electron chi connectivity index (χ0n) is 11.8. The van der Waals surface area contributed by atoms with Gasteiger partial charge >= 0.3 is 0 Å². The van der Waals surface area contributed by atoms with Crippen molar-refractivity contribution in [1.82, 2.24) is 4.98 Å². The van der Waals surface area contributed by atoms with E-state index in [1.165, 1.54) is 12.1 Å². The number of hydrogen-bond acceptors (Lipinski definition) is 2. The van der Waals surface area contributed by atoms with Gasteiger partial charge in [-0.2, -0.15) is 0 Å². The molecule has 0 aliphatic carbocycles. The van der Waals surface area contributed by atoms with Crippen molar-refractivity contribution in [2.24, 2.45) is 0 Å². The van der Waals surface area contributed by atoms with Gasteiger partial charge in [0, 0.05) is 28.9 Å². The maximum atomic E-state index is 13.6.